The Hall–Kier alpha value is -2.04. The van der Waals surface area contributed by atoms with E-state index in [0.717, 1.165) is 5.56 Å². The Labute approximate surface area is 97.9 Å². The lowest BCUT2D eigenvalue weighted by Crippen LogP contribution is -2.22. The molecule has 0 saturated carbocycles. The molecule has 90 valence electrons. The normalized spacial score (nSPS) is 10.5. The van der Waals surface area contributed by atoms with Crippen molar-refractivity contribution in [2.24, 2.45) is 7.05 Å². The van der Waals surface area contributed by atoms with Crippen LogP contribution in [-0.4, -0.2) is 16.2 Å². The van der Waals surface area contributed by atoms with Crippen LogP contribution >= 0.6 is 0 Å². The van der Waals surface area contributed by atoms with Crippen LogP contribution in [0.4, 0.5) is 4.39 Å². The Morgan fingerprint density at radius 3 is 2.65 bits per heavy atom. The van der Waals surface area contributed by atoms with E-state index in [0.29, 0.717) is 6.54 Å². The summed E-state index contributed by atoms with van der Waals surface area (Å²) in [4.78, 5) is 11.6. The molecule has 0 amide bonds. The van der Waals surface area contributed by atoms with Gasteiger partial charge in [-0.05, 0) is 17.7 Å². The van der Waals surface area contributed by atoms with E-state index < -0.39 is 5.82 Å². The molecular weight excluding hydrogens is 223 g/mol. The maximum Gasteiger partial charge on any atom is 0.328 e. The van der Waals surface area contributed by atoms with Gasteiger partial charge >= 0.3 is 5.69 Å². The number of imidazole rings is 1. The van der Waals surface area contributed by atoms with Gasteiger partial charge in [-0.1, -0.05) is 6.07 Å². The fourth-order valence-electron chi connectivity index (χ4n) is 1.64. The first kappa shape index (κ1) is 11.4. The molecule has 0 atom stereocenters. The molecule has 0 N–H and O–H groups in total. The van der Waals surface area contributed by atoms with Gasteiger partial charge in [0.2, 0.25) is 0 Å². The average Bonchev–Trinajstić information content (AvgIpc) is 2.61. The van der Waals surface area contributed by atoms with Crippen molar-refractivity contribution in [2.75, 3.05) is 7.11 Å². The van der Waals surface area contributed by atoms with Gasteiger partial charge < -0.3 is 9.30 Å². The monoisotopic (exact) mass is 236 g/mol. The first-order chi connectivity index (χ1) is 8.11. The maximum absolute atomic E-state index is 13.4. The van der Waals surface area contributed by atoms with Crippen molar-refractivity contribution in [3.05, 3.63) is 52.5 Å². The van der Waals surface area contributed by atoms with Crippen LogP contribution in [-0.2, 0) is 13.6 Å². The summed E-state index contributed by atoms with van der Waals surface area (Å²) in [5, 5.41) is 0. The quantitative estimate of drug-likeness (QED) is 0.807. The third-order valence-corrected chi connectivity index (χ3v) is 2.59. The Balaban J connectivity index is 2.28. The number of rotatable bonds is 3. The highest BCUT2D eigenvalue weighted by Crippen LogP contribution is 2.17. The Bertz CT molecular complexity index is 586. The summed E-state index contributed by atoms with van der Waals surface area (Å²) in [5.74, 6) is -0.219. The maximum atomic E-state index is 13.4. The molecule has 17 heavy (non-hydrogen) atoms. The predicted octanol–water partition coefficient (Wildman–Crippen LogP) is 1.38. The van der Waals surface area contributed by atoms with Crippen LogP contribution in [0.3, 0.4) is 0 Å². The second kappa shape index (κ2) is 4.45. The lowest BCUT2D eigenvalue weighted by molar-refractivity contribution is 0.386. The van der Waals surface area contributed by atoms with Gasteiger partial charge in [0.05, 0.1) is 13.7 Å². The topological polar surface area (TPSA) is 36.2 Å². The molecule has 0 aliphatic heterocycles. The van der Waals surface area contributed by atoms with Gasteiger partial charge in [0, 0.05) is 19.4 Å². The summed E-state index contributed by atoms with van der Waals surface area (Å²) >= 11 is 0. The van der Waals surface area contributed by atoms with E-state index in [1.165, 1.54) is 22.3 Å². The van der Waals surface area contributed by atoms with Gasteiger partial charge in [-0.15, -0.1) is 0 Å². The lowest BCUT2D eigenvalue weighted by Gasteiger charge is -2.05. The Kier molecular flexibility index (Phi) is 2.99. The predicted molar refractivity (Wildman–Crippen MR) is 61.7 cm³/mol. The van der Waals surface area contributed by atoms with Gasteiger partial charge in [0.1, 0.15) is 0 Å². The fraction of sp³-hybridized carbons (Fsp3) is 0.250. The second-order valence-electron chi connectivity index (χ2n) is 3.79. The number of aryl methyl sites for hydroxylation is 1. The van der Waals surface area contributed by atoms with Crippen molar-refractivity contribution in [1.29, 1.82) is 0 Å². The van der Waals surface area contributed by atoms with Gasteiger partial charge in [0.25, 0.3) is 0 Å². The van der Waals surface area contributed by atoms with Crippen molar-refractivity contribution < 1.29 is 9.13 Å². The van der Waals surface area contributed by atoms with Gasteiger partial charge in [-0.25, -0.2) is 9.18 Å². The fourth-order valence-corrected chi connectivity index (χ4v) is 1.64. The van der Waals surface area contributed by atoms with E-state index in [9.17, 15) is 9.18 Å². The molecule has 2 aromatic rings. The van der Waals surface area contributed by atoms with Crippen molar-refractivity contribution in [3.63, 3.8) is 0 Å². The molecule has 1 aromatic carbocycles. The zero-order valence-corrected chi connectivity index (χ0v) is 9.68. The minimum Gasteiger partial charge on any atom is -0.494 e. The van der Waals surface area contributed by atoms with Crippen molar-refractivity contribution in [1.82, 2.24) is 9.13 Å². The minimum atomic E-state index is -0.422. The third-order valence-electron chi connectivity index (χ3n) is 2.59. The first-order valence-electron chi connectivity index (χ1n) is 5.16. The summed E-state index contributed by atoms with van der Waals surface area (Å²) in [5.41, 5.74) is 0.595. The number of hydrogen-bond donors (Lipinski definition) is 0. The summed E-state index contributed by atoms with van der Waals surface area (Å²) in [6.07, 6.45) is 3.34. The molecule has 0 unspecified atom stereocenters. The zero-order chi connectivity index (χ0) is 12.4. The van der Waals surface area contributed by atoms with Crippen molar-refractivity contribution in [2.45, 2.75) is 6.54 Å². The van der Waals surface area contributed by atoms with Crippen LogP contribution < -0.4 is 10.4 Å². The molecule has 1 heterocycles. The number of ether oxygens (including phenoxy) is 1. The van der Waals surface area contributed by atoms with Gasteiger partial charge in [0.15, 0.2) is 11.6 Å². The number of methoxy groups -OCH3 is 1. The molecule has 5 heteroatoms. The summed E-state index contributed by atoms with van der Waals surface area (Å²) in [6, 6.07) is 4.66. The summed E-state index contributed by atoms with van der Waals surface area (Å²) in [7, 11) is 3.09. The van der Waals surface area contributed by atoms with E-state index in [2.05, 4.69) is 0 Å². The number of nitrogens with zero attached hydrogens (tertiary/aromatic N) is 2. The molecule has 2 rings (SSSR count). The summed E-state index contributed by atoms with van der Waals surface area (Å²) in [6.45, 7) is 0.348. The van der Waals surface area contributed by atoms with Crippen LogP contribution in [0.5, 0.6) is 5.75 Å². The van der Waals surface area contributed by atoms with E-state index in [-0.39, 0.29) is 11.4 Å². The van der Waals surface area contributed by atoms with E-state index in [1.54, 1.807) is 31.6 Å². The zero-order valence-electron chi connectivity index (χ0n) is 9.68. The second-order valence-corrected chi connectivity index (χ2v) is 3.79. The molecule has 0 aliphatic rings. The molecule has 0 radical (unpaired) electrons. The van der Waals surface area contributed by atoms with Crippen LogP contribution in [0, 0.1) is 5.82 Å². The largest absolute Gasteiger partial charge is 0.494 e. The molecular formula is C12H13FN2O2. The SMILES string of the molecule is COc1ccc(Cn2ccn(C)c2=O)cc1F. The number of halogens is 1. The van der Waals surface area contributed by atoms with E-state index in [4.69, 9.17) is 4.74 Å². The standard InChI is InChI=1S/C12H13FN2O2/c1-14-5-6-15(12(14)16)8-9-3-4-11(17-2)10(13)7-9/h3-7H,8H2,1-2H3. The van der Waals surface area contributed by atoms with Crippen molar-refractivity contribution >= 4 is 0 Å². The molecule has 0 spiro atoms. The minimum absolute atomic E-state index is 0.124. The highest BCUT2D eigenvalue weighted by molar-refractivity contribution is 5.29. The van der Waals surface area contributed by atoms with Crippen LogP contribution in [0.25, 0.3) is 0 Å². The van der Waals surface area contributed by atoms with Crippen molar-refractivity contribution in [3.8, 4) is 5.75 Å². The smallest absolute Gasteiger partial charge is 0.328 e. The lowest BCUT2D eigenvalue weighted by atomic mass is 10.2. The summed E-state index contributed by atoms with van der Waals surface area (Å²) < 4.78 is 21.3. The number of hydrogen-bond acceptors (Lipinski definition) is 2. The third kappa shape index (κ3) is 2.22. The van der Waals surface area contributed by atoms with Gasteiger partial charge in [-0.3, -0.25) is 4.57 Å². The van der Waals surface area contributed by atoms with Crippen LogP contribution in [0.15, 0.2) is 35.4 Å². The molecule has 0 fully saturated rings. The highest BCUT2D eigenvalue weighted by Gasteiger charge is 2.05. The Morgan fingerprint density at radius 1 is 1.35 bits per heavy atom. The molecule has 4 nitrogen and oxygen atoms in total. The molecule has 0 bridgehead atoms. The first-order valence-corrected chi connectivity index (χ1v) is 5.16. The van der Waals surface area contributed by atoms with Crippen LogP contribution in [0.1, 0.15) is 5.56 Å². The highest BCUT2D eigenvalue weighted by atomic mass is 19.1. The Morgan fingerprint density at radius 2 is 2.12 bits per heavy atom. The van der Waals surface area contributed by atoms with Gasteiger partial charge in [-0.2, -0.15) is 0 Å². The van der Waals surface area contributed by atoms with E-state index >= 15 is 0 Å². The van der Waals surface area contributed by atoms with E-state index in [1.807, 2.05) is 0 Å². The molecule has 0 aliphatic carbocycles. The molecule has 0 saturated heterocycles. The van der Waals surface area contributed by atoms with Crippen LogP contribution in [0.2, 0.25) is 0 Å². The average molecular weight is 236 g/mol. The number of benzene rings is 1. The number of aromatic nitrogens is 2. The molecule has 1 aromatic heterocycles.